The highest BCUT2D eigenvalue weighted by Crippen LogP contribution is 2.60. The van der Waals surface area contributed by atoms with Gasteiger partial charge in [-0.15, -0.1) is 0 Å². The van der Waals surface area contributed by atoms with Crippen LogP contribution >= 0.6 is 0 Å². The topological polar surface area (TPSA) is 66.8 Å². The van der Waals surface area contributed by atoms with E-state index >= 15 is 0 Å². The maximum atomic E-state index is 12.1. The van der Waals surface area contributed by atoms with Crippen LogP contribution in [0.1, 0.15) is 46.5 Å². The fraction of sp³-hybridized carbons (Fsp3) is 0.722. The van der Waals surface area contributed by atoms with E-state index in [2.05, 4.69) is 18.7 Å². The van der Waals surface area contributed by atoms with Crippen molar-refractivity contribution in [3.8, 4) is 0 Å². The van der Waals surface area contributed by atoms with Gasteiger partial charge in [0.15, 0.2) is 0 Å². The zero-order valence-electron chi connectivity index (χ0n) is 13.8. The second-order valence-electron chi connectivity index (χ2n) is 6.98. The summed E-state index contributed by atoms with van der Waals surface area (Å²) in [7, 11) is 0. The summed E-state index contributed by atoms with van der Waals surface area (Å²) >= 11 is 0. The first-order valence-electron chi connectivity index (χ1n) is 8.13. The summed E-state index contributed by atoms with van der Waals surface area (Å²) in [5.41, 5.74) is -1.52. The minimum Gasteiger partial charge on any atom is -0.490 e. The molecular formula is C18H28O4. The number of carbonyl (C=O) groups is 1. The summed E-state index contributed by atoms with van der Waals surface area (Å²) in [6.45, 7) is 9.18. The van der Waals surface area contributed by atoms with Gasteiger partial charge >= 0.3 is 0 Å². The molecule has 124 valence electrons. The van der Waals surface area contributed by atoms with Crippen molar-refractivity contribution < 1.29 is 19.7 Å². The van der Waals surface area contributed by atoms with Crippen molar-refractivity contribution in [1.29, 1.82) is 0 Å². The van der Waals surface area contributed by atoms with Crippen LogP contribution in [0, 0.1) is 17.3 Å². The fourth-order valence-corrected chi connectivity index (χ4v) is 4.12. The predicted molar refractivity (Wildman–Crippen MR) is 85.1 cm³/mol. The van der Waals surface area contributed by atoms with Gasteiger partial charge in [0.05, 0.1) is 17.4 Å². The maximum Gasteiger partial charge on any atom is 0.137 e. The fourth-order valence-electron chi connectivity index (χ4n) is 4.12. The first-order valence-corrected chi connectivity index (χ1v) is 8.13. The van der Waals surface area contributed by atoms with E-state index in [1.165, 1.54) is 6.92 Å². The van der Waals surface area contributed by atoms with Gasteiger partial charge in [0, 0.05) is 12.5 Å². The van der Waals surface area contributed by atoms with Gasteiger partial charge in [-0.2, -0.15) is 0 Å². The van der Waals surface area contributed by atoms with E-state index in [9.17, 15) is 15.0 Å². The Bertz CT molecular complexity index is 483. The lowest BCUT2D eigenvalue weighted by Crippen LogP contribution is -2.68. The third-order valence-corrected chi connectivity index (χ3v) is 5.81. The molecule has 5 atom stereocenters. The highest BCUT2D eigenvalue weighted by Gasteiger charge is 2.67. The summed E-state index contributed by atoms with van der Waals surface area (Å²) in [5.74, 6) is 0.114. The molecule has 0 aromatic rings. The number of ketones is 1. The molecule has 2 aliphatic rings. The quantitative estimate of drug-likeness (QED) is 0.740. The molecule has 0 unspecified atom stereocenters. The number of hydrogen-bond donors (Lipinski definition) is 2. The Labute approximate surface area is 132 Å². The van der Waals surface area contributed by atoms with Crippen LogP contribution in [-0.2, 0) is 9.53 Å². The van der Waals surface area contributed by atoms with Gasteiger partial charge in [-0.1, -0.05) is 18.7 Å². The summed E-state index contributed by atoms with van der Waals surface area (Å²) in [6.07, 6.45) is 6.91. The number of ether oxygens (including phenoxy) is 1. The van der Waals surface area contributed by atoms with Crippen LogP contribution in [0.25, 0.3) is 0 Å². The van der Waals surface area contributed by atoms with Gasteiger partial charge in [0.1, 0.15) is 17.1 Å². The molecule has 1 aliphatic carbocycles. The zero-order chi connectivity index (χ0) is 16.5. The largest absolute Gasteiger partial charge is 0.490 e. The van der Waals surface area contributed by atoms with E-state index in [1.807, 2.05) is 13.8 Å². The number of aliphatic hydroxyl groups is 2. The molecular weight excluding hydrogens is 280 g/mol. The van der Waals surface area contributed by atoms with E-state index in [4.69, 9.17) is 4.74 Å². The smallest absolute Gasteiger partial charge is 0.137 e. The van der Waals surface area contributed by atoms with Crippen molar-refractivity contribution in [3.63, 3.8) is 0 Å². The normalized spacial score (nSPS) is 37.1. The average Bonchev–Trinajstić information content (AvgIpc) is 2.51. The van der Waals surface area contributed by atoms with E-state index in [1.54, 1.807) is 0 Å². The molecule has 0 aromatic heterocycles. The molecule has 22 heavy (non-hydrogen) atoms. The number of aliphatic hydroxyl groups excluding tert-OH is 2. The second-order valence-corrected chi connectivity index (χ2v) is 6.98. The average molecular weight is 308 g/mol. The minimum atomic E-state index is -0.830. The van der Waals surface area contributed by atoms with Crippen LogP contribution in [0.4, 0.5) is 0 Å². The molecule has 0 spiro atoms. The van der Waals surface area contributed by atoms with Crippen molar-refractivity contribution >= 4 is 5.78 Å². The van der Waals surface area contributed by atoms with Crippen LogP contribution < -0.4 is 0 Å². The summed E-state index contributed by atoms with van der Waals surface area (Å²) in [6, 6.07) is 0. The Morgan fingerprint density at radius 2 is 2.23 bits per heavy atom. The van der Waals surface area contributed by atoms with E-state index in [-0.39, 0.29) is 18.3 Å². The molecule has 0 aromatic carbocycles. The Balaban J connectivity index is 2.32. The van der Waals surface area contributed by atoms with Crippen molar-refractivity contribution in [1.82, 2.24) is 0 Å². The third-order valence-electron chi connectivity index (χ3n) is 5.81. The highest BCUT2D eigenvalue weighted by molar-refractivity contribution is 5.80. The molecule has 1 fully saturated rings. The number of allylic oxidation sites excluding steroid dienone is 1. The van der Waals surface area contributed by atoms with Crippen LogP contribution in [0.5, 0.6) is 0 Å². The second kappa shape index (κ2) is 6.17. The molecule has 1 saturated heterocycles. The molecule has 4 nitrogen and oxygen atoms in total. The van der Waals surface area contributed by atoms with Crippen molar-refractivity contribution in [3.05, 3.63) is 24.5 Å². The molecule has 2 rings (SSSR count). The van der Waals surface area contributed by atoms with E-state index in [0.29, 0.717) is 12.2 Å². The highest BCUT2D eigenvalue weighted by atomic mass is 16.5. The first kappa shape index (κ1) is 17.2. The number of Topliss-reactive ketones (excluding diaryl/α,β-unsaturated/α-hetero) is 1. The van der Waals surface area contributed by atoms with Crippen molar-refractivity contribution in [2.75, 3.05) is 6.61 Å². The molecule has 1 heterocycles. The molecule has 0 saturated carbocycles. The van der Waals surface area contributed by atoms with Crippen LogP contribution in [-0.4, -0.2) is 34.3 Å². The molecule has 4 heteroatoms. The van der Waals surface area contributed by atoms with Crippen LogP contribution in [0.2, 0.25) is 0 Å². The van der Waals surface area contributed by atoms with Crippen molar-refractivity contribution in [2.24, 2.45) is 17.3 Å². The Kier molecular flexibility index (Phi) is 4.83. The minimum absolute atomic E-state index is 0.0262. The molecule has 2 N–H and O–H groups in total. The van der Waals surface area contributed by atoms with Gasteiger partial charge in [-0.3, -0.25) is 4.79 Å². The van der Waals surface area contributed by atoms with E-state index in [0.717, 1.165) is 19.3 Å². The van der Waals surface area contributed by atoms with Gasteiger partial charge in [0.2, 0.25) is 0 Å². The molecule has 0 radical (unpaired) electrons. The molecule has 0 bridgehead atoms. The number of hydrogen-bond acceptors (Lipinski definition) is 4. The monoisotopic (exact) mass is 308 g/mol. The van der Waals surface area contributed by atoms with Gasteiger partial charge in [-0.25, -0.2) is 0 Å². The third kappa shape index (κ3) is 2.42. The van der Waals surface area contributed by atoms with Gasteiger partial charge in [-0.05, 0) is 46.5 Å². The van der Waals surface area contributed by atoms with Crippen molar-refractivity contribution in [2.45, 2.75) is 58.2 Å². The van der Waals surface area contributed by atoms with Crippen LogP contribution in [0.15, 0.2) is 24.5 Å². The Morgan fingerprint density at radius 1 is 1.55 bits per heavy atom. The predicted octanol–water partition coefficient (Wildman–Crippen LogP) is 2.60. The zero-order valence-corrected chi connectivity index (χ0v) is 13.8. The summed E-state index contributed by atoms with van der Waals surface area (Å²) in [4.78, 5) is 12.1. The summed E-state index contributed by atoms with van der Waals surface area (Å²) in [5, 5.41) is 20.3. The van der Waals surface area contributed by atoms with E-state index < -0.39 is 23.0 Å². The number of carbonyl (C=O) groups excluding carboxylic acids is 1. The van der Waals surface area contributed by atoms with Gasteiger partial charge < -0.3 is 14.9 Å². The first-order chi connectivity index (χ1) is 10.3. The standard InChI is InChI=1S/C18H28O4/c1-12(20)15(10-11-19)18(4)17(3,13(2)22-18)16(21)14-8-6-5-7-9-14/h6,8,14-16,19,21H,2,5,7,9-11H2,1,3-4H3/t14-,15+,16-,17+,18+/m1/s1. The SMILES string of the molecule is C=C1O[C@@](C)([C@@H](CCO)C(C)=O)[C@]1(C)[C@H](O)[C@@H]1C=CCCC1. The lowest BCUT2D eigenvalue weighted by atomic mass is 9.55. The Hall–Kier alpha value is -1.13. The lowest BCUT2D eigenvalue weighted by Gasteiger charge is -2.62. The summed E-state index contributed by atoms with van der Waals surface area (Å²) < 4.78 is 5.82. The molecule has 1 aliphatic heterocycles. The van der Waals surface area contributed by atoms with Crippen LogP contribution in [0.3, 0.4) is 0 Å². The maximum absolute atomic E-state index is 12.1. The number of rotatable bonds is 6. The lowest BCUT2D eigenvalue weighted by molar-refractivity contribution is -0.258. The molecule has 0 amide bonds. The Morgan fingerprint density at radius 3 is 2.68 bits per heavy atom. The van der Waals surface area contributed by atoms with Gasteiger partial charge in [0.25, 0.3) is 0 Å².